The third-order valence-electron chi connectivity index (χ3n) is 9.68. The summed E-state index contributed by atoms with van der Waals surface area (Å²) in [6.45, 7) is 2.12. The molecule has 0 aromatic heterocycles. The summed E-state index contributed by atoms with van der Waals surface area (Å²) >= 11 is 7.21. The molecule has 0 bridgehead atoms. The molecule has 0 amide bonds. The molecule has 228 valence electrons. The quantitative estimate of drug-likeness (QED) is 0.176. The Labute approximate surface area is 284 Å². The number of hydrogen-bond donors (Lipinski definition) is 0. The summed E-state index contributed by atoms with van der Waals surface area (Å²) in [5, 5.41) is 3.17. The van der Waals surface area contributed by atoms with E-state index in [4.69, 9.17) is 21.3 Å². The molecule has 3 aliphatic heterocycles. The predicted octanol–water partition coefficient (Wildman–Crippen LogP) is 10.7. The Balaban J connectivity index is 1.35. The first-order valence-corrected chi connectivity index (χ1v) is 18.9. The van der Waals surface area contributed by atoms with E-state index in [-0.39, 0.29) is 0 Å². The molecule has 0 N–H and O–H groups in total. The molecule has 3 heterocycles. The van der Waals surface area contributed by atoms with Crippen molar-refractivity contribution in [2.24, 2.45) is 0 Å². The van der Waals surface area contributed by atoms with Crippen LogP contribution in [0.3, 0.4) is 0 Å². The van der Waals surface area contributed by atoms with E-state index < -0.39 is 6.04 Å². The highest BCUT2D eigenvalue weighted by Crippen LogP contribution is 2.67. The lowest BCUT2D eigenvalue weighted by Crippen LogP contribution is -2.42. The SMILES string of the molecule is Cc1ccc(N2c3ccc(-c4ccccc4)c4c3P3(=S)c5c(cc(-c6ccccc6)cc5Oc5c(-c6ccccc6)ccc2c53)O4)cc1. The molecule has 10 rings (SSSR count). The Kier molecular flexibility index (Phi) is 5.94. The first-order valence-electron chi connectivity index (χ1n) is 16.1. The van der Waals surface area contributed by atoms with Crippen LogP contribution < -0.4 is 30.3 Å². The summed E-state index contributed by atoms with van der Waals surface area (Å²) in [4.78, 5) is 2.35. The van der Waals surface area contributed by atoms with E-state index in [1.54, 1.807) is 0 Å². The predicted molar refractivity (Wildman–Crippen MR) is 202 cm³/mol. The molecule has 0 atom stereocenters. The van der Waals surface area contributed by atoms with Crippen LogP contribution in [-0.2, 0) is 11.8 Å². The van der Waals surface area contributed by atoms with E-state index in [1.807, 2.05) is 6.07 Å². The van der Waals surface area contributed by atoms with Gasteiger partial charge in [0.1, 0.15) is 23.0 Å². The van der Waals surface area contributed by atoms with Crippen molar-refractivity contribution in [3.8, 4) is 56.4 Å². The van der Waals surface area contributed by atoms with E-state index in [1.165, 1.54) is 5.56 Å². The fourth-order valence-corrected chi connectivity index (χ4v) is 12.5. The van der Waals surface area contributed by atoms with Gasteiger partial charge in [-0.25, -0.2) is 0 Å². The molecule has 0 unspecified atom stereocenters. The fourth-order valence-electron chi connectivity index (χ4n) is 7.49. The first-order chi connectivity index (χ1) is 23.6. The number of hydrogen-bond acceptors (Lipinski definition) is 4. The van der Waals surface area contributed by atoms with E-state index in [0.717, 1.165) is 89.4 Å². The molecular weight excluding hydrogens is 626 g/mol. The van der Waals surface area contributed by atoms with Gasteiger partial charge in [-0.15, -0.1) is 0 Å². The lowest BCUT2D eigenvalue weighted by molar-refractivity contribution is 0.468. The Bertz CT molecular complexity index is 2350. The minimum atomic E-state index is -2.72. The van der Waals surface area contributed by atoms with Crippen LogP contribution in [0.1, 0.15) is 5.56 Å². The van der Waals surface area contributed by atoms with Gasteiger partial charge >= 0.3 is 0 Å². The number of aryl methyl sites for hydroxylation is 1. The summed E-state index contributed by atoms with van der Waals surface area (Å²) in [6.07, 6.45) is 0. The van der Waals surface area contributed by atoms with Crippen molar-refractivity contribution in [1.29, 1.82) is 0 Å². The van der Waals surface area contributed by atoms with Gasteiger partial charge in [-0.2, -0.15) is 0 Å². The van der Waals surface area contributed by atoms with Crippen LogP contribution in [0.15, 0.2) is 152 Å². The molecule has 7 aromatic rings. The molecule has 0 fully saturated rings. The number of nitrogens with zero attached hydrogens (tertiary/aromatic N) is 1. The topological polar surface area (TPSA) is 21.7 Å². The van der Waals surface area contributed by atoms with Gasteiger partial charge < -0.3 is 14.4 Å². The second kappa shape index (κ2) is 10.3. The van der Waals surface area contributed by atoms with Crippen LogP contribution in [0, 0.1) is 6.92 Å². The van der Waals surface area contributed by atoms with Crippen LogP contribution in [-0.4, -0.2) is 0 Å². The van der Waals surface area contributed by atoms with Crippen molar-refractivity contribution in [3.05, 3.63) is 157 Å². The summed E-state index contributed by atoms with van der Waals surface area (Å²) in [5.74, 6) is 3.24. The summed E-state index contributed by atoms with van der Waals surface area (Å²) < 4.78 is 14.3. The van der Waals surface area contributed by atoms with Gasteiger partial charge in [-0.05, 0) is 77.7 Å². The lowest BCUT2D eigenvalue weighted by atomic mass is 10.0. The Morgan fingerprint density at radius 2 is 0.938 bits per heavy atom. The normalized spacial score (nSPS) is 14.1. The van der Waals surface area contributed by atoms with Crippen molar-refractivity contribution in [2.45, 2.75) is 6.92 Å². The van der Waals surface area contributed by atoms with Crippen molar-refractivity contribution in [1.82, 2.24) is 0 Å². The minimum absolute atomic E-state index is 0.780. The maximum atomic E-state index is 7.21. The molecule has 0 saturated heterocycles. The van der Waals surface area contributed by atoms with Gasteiger partial charge in [0, 0.05) is 16.8 Å². The minimum Gasteiger partial charge on any atom is -0.455 e. The van der Waals surface area contributed by atoms with Crippen molar-refractivity contribution >= 4 is 50.8 Å². The van der Waals surface area contributed by atoms with Gasteiger partial charge in [0.2, 0.25) is 0 Å². The molecule has 0 spiro atoms. The van der Waals surface area contributed by atoms with Crippen molar-refractivity contribution in [2.75, 3.05) is 4.90 Å². The average molecular weight is 654 g/mol. The maximum absolute atomic E-state index is 7.21. The summed E-state index contributed by atoms with van der Waals surface area (Å²) in [5.41, 5.74) is 10.8. The third kappa shape index (κ3) is 3.85. The molecule has 3 nitrogen and oxygen atoms in total. The second-order valence-electron chi connectivity index (χ2n) is 12.5. The Morgan fingerprint density at radius 1 is 0.479 bits per heavy atom. The second-order valence-corrected chi connectivity index (χ2v) is 16.7. The summed E-state index contributed by atoms with van der Waals surface area (Å²) in [7, 11) is 0. The zero-order chi connectivity index (χ0) is 32.0. The number of benzene rings is 7. The summed E-state index contributed by atoms with van der Waals surface area (Å²) in [6, 6.07) is 50.6. The van der Waals surface area contributed by atoms with Gasteiger partial charge in [0.15, 0.2) is 0 Å². The molecule has 3 aliphatic rings. The van der Waals surface area contributed by atoms with Crippen LogP contribution in [0.25, 0.3) is 33.4 Å². The van der Waals surface area contributed by atoms with Gasteiger partial charge in [-0.1, -0.05) is 120 Å². The van der Waals surface area contributed by atoms with Crippen molar-refractivity contribution in [3.63, 3.8) is 0 Å². The van der Waals surface area contributed by atoms with Crippen LogP contribution in [0.4, 0.5) is 17.1 Å². The zero-order valence-corrected chi connectivity index (χ0v) is 27.8. The van der Waals surface area contributed by atoms with E-state index >= 15 is 0 Å². The molecular formula is C43H28NO2PS. The molecule has 0 radical (unpaired) electrons. The lowest BCUT2D eigenvalue weighted by Gasteiger charge is -2.46. The molecule has 0 saturated carbocycles. The smallest absolute Gasteiger partial charge is 0.146 e. The zero-order valence-electron chi connectivity index (χ0n) is 26.1. The standard InChI is InChI=1S/C43H28NO2PS/c1-27-17-19-32(20-18-27)44-35-23-21-33(29-13-7-3-8-14-29)39-41(35)47(48)42-36(44)24-22-34(30-15-9-4-10-16-30)40(42)46-38-26-31(25-37(45-39)43(38)47)28-11-5-2-6-12-28/h2-26H,1H3. The Morgan fingerprint density at radius 3 is 1.42 bits per heavy atom. The van der Waals surface area contributed by atoms with Crippen molar-refractivity contribution < 1.29 is 9.47 Å². The maximum Gasteiger partial charge on any atom is 0.146 e. The van der Waals surface area contributed by atoms with Gasteiger partial charge in [-0.3, -0.25) is 0 Å². The van der Waals surface area contributed by atoms with E-state index in [2.05, 4.69) is 157 Å². The van der Waals surface area contributed by atoms with Crippen LogP contribution >= 0.6 is 6.04 Å². The third-order valence-corrected chi connectivity index (χ3v) is 14.5. The molecule has 7 aromatic carbocycles. The average Bonchev–Trinajstić information content (AvgIpc) is 3.13. The highest BCUT2D eigenvalue weighted by atomic mass is 32.4. The highest BCUT2D eigenvalue weighted by Gasteiger charge is 2.51. The molecule has 5 heteroatoms. The van der Waals surface area contributed by atoms with Gasteiger partial charge in [0.25, 0.3) is 0 Å². The van der Waals surface area contributed by atoms with Crippen LogP contribution in [0.5, 0.6) is 23.0 Å². The monoisotopic (exact) mass is 653 g/mol. The number of anilines is 3. The van der Waals surface area contributed by atoms with E-state index in [9.17, 15) is 0 Å². The van der Waals surface area contributed by atoms with Crippen LogP contribution in [0.2, 0.25) is 0 Å². The fraction of sp³-hybridized carbons (Fsp3) is 0.0233. The molecule has 48 heavy (non-hydrogen) atoms. The highest BCUT2D eigenvalue weighted by molar-refractivity contribution is 8.26. The number of rotatable bonds is 4. The largest absolute Gasteiger partial charge is 0.455 e. The van der Waals surface area contributed by atoms with E-state index in [0.29, 0.717) is 0 Å². The van der Waals surface area contributed by atoms with Gasteiger partial charge in [0.05, 0.1) is 33.3 Å². The molecule has 0 aliphatic carbocycles. The first kappa shape index (κ1) is 27.7. The Hall–Kier alpha value is -5.41. The number of ether oxygens (including phenoxy) is 2.